The van der Waals surface area contributed by atoms with Gasteiger partial charge in [0.1, 0.15) is 17.7 Å². The smallest absolute Gasteiger partial charge is 0.408 e. The van der Waals surface area contributed by atoms with Gasteiger partial charge in [-0.1, -0.05) is 29.3 Å². The van der Waals surface area contributed by atoms with Crippen LogP contribution in [0.5, 0.6) is 0 Å². The van der Waals surface area contributed by atoms with Gasteiger partial charge in [0.15, 0.2) is 0 Å². The van der Waals surface area contributed by atoms with Gasteiger partial charge in [0.05, 0.1) is 0 Å². The Morgan fingerprint density at radius 3 is 1.97 bits per heavy atom. The topological polar surface area (TPSA) is 131 Å². The fourth-order valence-electron chi connectivity index (χ4n) is 3.52. The molecule has 0 aliphatic heterocycles. The zero-order valence-electron chi connectivity index (χ0n) is 21.9. The first kappa shape index (κ1) is 28.9. The molecule has 0 bridgehead atoms. The normalized spacial score (nSPS) is 13.4. The number of aryl methyl sites for hydroxylation is 2. The molecule has 9 heteroatoms. The molecular formula is C25H40N4O5. The number of carbonyl (C=O) groups excluding carboxylic acids is 4. The Morgan fingerprint density at radius 2 is 1.53 bits per heavy atom. The summed E-state index contributed by atoms with van der Waals surface area (Å²) in [7, 11) is 1.50. The highest BCUT2D eigenvalue weighted by Gasteiger charge is 2.35. The summed E-state index contributed by atoms with van der Waals surface area (Å²) in [6, 6.07) is 3.61. The fraction of sp³-hybridized carbons (Fsp3) is 0.600. The molecule has 0 fully saturated rings. The first-order valence-electron chi connectivity index (χ1n) is 11.3. The van der Waals surface area contributed by atoms with E-state index in [-0.39, 0.29) is 18.7 Å². The number of nitrogens with one attached hydrogen (secondary N) is 2. The lowest BCUT2D eigenvalue weighted by atomic mass is 9.97. The van der Waals surface area contributed by atoms with E-state index in [0.717, 1.165) is 11.1 Å². The van der Waals surface area contributed by atoms with Gasteiger partial charge in [-0.05, 0) is 67.4 Å². The van der Waals surface area contributed by atoms with E-state index in [1.54, 1.807) is 20.8 Å². The first-order chi connectivity index (χ1) is 15.4. The predicted octanol–water partition coefficient (Wildman–Crippen LogP) is 2.88. The number of amides is 4. The lowest BCUT2D eigenvalue weighted by Gasteiger charge is -2.33. The molecule has 34 heavy (non-hydrogen) atoms. The number of ether oxygens (including phenoxy) is 1. The van der Waals surface area contributed by atoms with E-state index in [9.17, 15) is 19.2 Å². The highest BCUT2D eigenvalue weighted by Crippen LogP contribution is 2.25. The average Bonchev–Trinajstić information content (AvgIpc) is 2.60. The predicted molar refractivity (Wildman–Crippen MR) is 131 cm³/mol. The van der Waals surface area contributed by atoms with Crippen molar-refractivity contribution in [2.75, 3.05) is 7.05 Å². The molecule has 190 valence electrons. The van der Waals surface area contributed by atoms with Crippen LogP contribution in [0.25, 0.3) is 0 Å². The quantitative estimate of drug-likeness (QED) is 0.531. The molecule has 0 aromatic heterocycles. The molecule has 0 heterocycles. The van der Waals surface area contributed by atoms with Crippen LogP contribution < -0.4 is 16.4 Å². The Morgan fingerprint density at radius 1 is 1.00 bits per heavy atom. The van der Waals surface area contributed by atoms with Gasteiger partial charge in [0.2, 0.25) is 17.7 Å². The number of alkyl carbamates (subject to hydrolysis) is 1. The number of benzene rings is 1. The molecule has 4 N–H and O–H groups in total. The molecule has 9 nitrogen and oxygen atoms in total. The van der Waals surface area contributed by atoms with Crippen molar-refractivity contribution in [3.63, 3.8) is 0 Å². The van der Waals surface area contributed by atoms with Crippen molar-refractivity contribution in [1.29, 1.82) is 0 Å². The van der Waals surface area contributed by atoms with Crippen LogP contribution in [0.15, 0.2) is 18.2 Å². The minimum Gasteiger partial charge on any atom is -0.444 e. The van der Waals surface area contributed by atoms with Crippen LogP contribution in [0.2, 0.25) is 0 Å². The van der Waals surface area contributed by atoms with Crippen molar-refractivity contribution in [3.8, 4) is 0 Å². The van der Waals surface area contributed by atoms with E-state index in [1.165, 1.54) is 11.9 Å². The summed E-state index contributed by atoms with van der Waals surface area (Å²) in [4.78, 5) is 51.9. The Balaban J connectivity index is 3.36. The number of nitrogens with two attached hydrogens (primary N) is 1. The monoisotopic (exact) mass is 476 g/mol. The second-order valence-corrected chi connectivity index (χ2v) is 10.7. The van der Waals surface area contributed by atoms with Crippen LogP contribution in [0.3, 0.4) is 0 Å². The SMILES string of the molecule is Cc1cc(C)cc(C(C(=O)NC(C)(C)C)N(C)C(=O)C(CCC(N)=O)NC(=O)OC(C)(C)C)c1. The maximum atomic E-state index is 13.5. The molecule has 2 unspecified atom stereocenters. The van der Waals surface area contributed by atoms with Crippen molar-refractivity contribution >= 4 is 23.8 Å². The Labute approximate surface area is 202 Å². The van der Waals surface area contributed by atoms with E-state index < -0.39 is 41.1 Å². The third-order valence-electron chi connectivity index (χ3n) is 4.71. The second kappa shape index (κ2) is 11.4. The van der Waals surface area contributed by atoms with Gasteiger partial charge in [-0.15, -0.1) is 0 Å². The maximum absolute atomic E-state index is 13.5. The number of hydrogen-bond donors (Lipinski definition) is 3. The molecule has 0 spiro atoms. The van der Waals surface area contributed by atoms with Crippen molar-refractivity contribution in [3.05, 3.63) is 34.9 Å². The minimum absolute atomic E-state index is 0.0296. The largest absolute Gasteiger partial charge is 0.444 e. The minimum atomic E-state index is -1.11. The van der Waals surface area contributed by atoms with E-state index in [2.05, 4.69) is 10.6 Å². The molecule has 0 aliphatic carbocycles. The van der Waals surface area contributed by atoms with Gasteiger partial charge in [0, 0.05) is 19.0 Å². The number of rotatable bonds is 8. The van der Waals surface area contributed by atoms with Crippen LogP contribution in [-0.4, -0.2) is 52.9 Å². The van der Waals surface area contributed by atoms with Gasteiger partial charge >= 0.3 is 6.09 Å². The number of hydrogen-bond acceptors (Lipinski definition) is 5. The molecule has 0 radical (unpaired) electrons. The van der Waals surface area contributed by atoms with Gasteiger partial charge in [-0.3, -0.25) is 14.4 Å². The average molecular weight is 477 g/mol. The lowest BCUT2D eigenvalue weighted by molar-refractivity contribution is -0.141. The maximum Gasteiger partial charge on any atom is 0.408 e. The molecule has 1 aromatic rings. The standard InChI is InChI=1S/C25H40N4O5/c1-15-12-16(2)14-17(13-15)20(21(31)28-24(3,4)5)29(9)22(32)18(10-11-19(26)30)27-23(33)34-25(6,7)8/h12-14,18,20H,10-11H2,1-9H3,(H2,26,30)(H,27,33)(H,28,31). The molecule has 1 rings (SSSR count). The summed E-state index contributed by atoms with van der Waals surface area (Å²) in [6.07, 6.45) is -0.952. The van der Waals surface area contributed by atoms with Crippen LogP contribution in [-0.2, 0) is 19.1 Å². The summed E-state index contributed by atoms with van der Waals surface area (Å²) >= 11 is 0. The second-order valence-electron chi connectivity index (χ2n) is 10.7. The molecule has 4 amide bonds. The van der Waals surface area contributed by atoms with Crippen LogP contribution in [0.1, 0.15) is 77.1 Å². The summed E-state index contributed by atoms with van der Waals surface area (Å²) in [5.74, 6) is -1.51. The Hall–Kier alpha value is -3.10. The highest BCUT2D eigenvalue weighted by molar-refractivity contribution is 5.92. The van der Waals surface area contributed by atoms with Crippen molar-refractivity contribution in [1.82, 2.24) is 15.5 Å². The fourth-order valence-corrected chi connectivity index (χ4v) is 3.52. The van der Waals surface area contributed by atoms with Gasteiger partial charge in [-0.2, -0.15) is 0 Å². The lowest BCUT2D eigenvalue weighted by Crippen LogP contribution is -2.53. The van der Waals surface area contributed by atoms with E-state index in [1.807, 2.05) is 52.8 Å². The van der Waals surface area contributed by atoms with Crippen LogP contribution in [0.4, 0.5) is 4.79 Å². The molecular weight excluding hydrogens is 436 g/mol. The van der Waals surface area contributed by atoms with E-state index in [0.29, 0.717) is 5.56 Å². The van der Waals surface area contributed by atoms with E-state index in [4.69, 9.17) is 10.5 Å². The summed E-state index contributed by atoms with van der Waals surface area (Å²) < 4.78 is 5.28. The molecule has 0 saturated carbocycles. The third-order valence-corrected chi connectivity index (χ3v) is 4.71. The number of carbonyl (C=O) groups is 4. The molecule has 0 aliphatic rings. The summed E-state index contributed by atoms with van der Waals surface area (Å²) in [6.45, 7) is 14.5. The Bertz CT molecular complexity index is 895. The molecule has 0 saturated heterocycles. The van der Waals surface area contributed by atoms with E-state index >= 15 is 0 Å². The summed E-state index contributed by atoms with van der Waals surface area (Å²) in [5.41, 5.74) is 6.51. The van der Waals surface area contributed by atoms with Gasteiger partial charge in [0.25, 0.3) is 0 Å². The van der Waals surface area contributed by atoms with Crippen molar-refractivity contribution in [2.45, 2.75) is 91.5 Å². The first-order valence-corrected chi connectivity index (χ1v) is 11.3. The third kappa shape index (κ3) is 9.80. The highest BCUT2D eigenvalue weighted by atomic mass is 16.6. The van der Waals surface area contributed by atoms with Crippen LogP contribution in [0, 0.1) is 13.8 Å². The van der Waals surface area contributed by atoms with Gasteiger partial charge in [-0.25, -0.2) is 4.79 Å². The van der Waals surface area contributed by atoms with Crippen LogP contribution >= 0.6 is 0 Å². The van der Waals surface area contributed by atoms with Crippen molar-refractivity contribution in [2.24, 2.45) is 5.73 Å². The number of likely N-dealkylation sites (N-methyl/N-ethyl adjacent to an activating group) is 1. The zero-order valence-corrected chi connectivity index (χ0v) is 21.9. The molecule has 1 aromatic carbocycles. The Kier molecular flexibility index (Phi) is 9.66. The van der Waals surface area contributed by atoms with Crippen molar-refractivity contribution < 1.29 is 23.9 Å². The summed E-state index contributed by atoms with van der Waals surface area (Å²) in [5, 5.41) is 5.47. The zero-order chi connectivity index (χ0) is 26.4. The number of primary amides is 1. The van der Waals surface area contributed by atoms with Gasteiger partial charge < -0.3 is 26.0 Å². The molecule has 2 atom stereocenters. The number of nitrogens with zero attached hydrogens (tertiary/aromatic N) is 1.